The summed E-state index contributed by atoms with van der Waals surface area (Å²) in [5, 5.41) is -0.156. The number of benzene rings is 3. The Kier molecular flexibility index (Phi) is 10.6. The first kappa shape index (κ1) is 35.2. The van der Waals surface area contributed by atoms with Gasteiger partial charge in [0.05, 0.1) is 12.1 Å². The predicted molar refractivity (Wildman–Crippen MR) is 197 cm³/mol. The number of carbonyl (C=O) groups excluding carboxylic acids is 1. The standard InChI is InChI=1S/C35H47FINO3SSi2/c1-34(2,3)43(7,8)40-29-21-13-25(14-22-29)31-32(33(39)38(31)28-19-17-27(37)18-20-28)42-23-30(24-11-15-26(36)16-12-24)41-44(9,10)35(4,5)6/h11-22,30-32H,23H2,1-10H3/t30-,31-,32-/m1/s1. The van der Waals surface area contributed by atoms with Gasteiger partial charge in [0.1, 0.15) is 16.8 Å². The third-order valence-electron chi connectivity index (χ3n) is 9.46. The van der Waals surface area contributed by atoms with Crippen LogP contribution in [0.2, 0.25) is 36.3 Å². The summed E-state index contributed by atoms with van der Waals surface area (Å²) in [7, 11) is -4.13. The lowest BCUT2D eigenvalue weighted by molar-refractivity contribution is -0.123. The van der Waals surface area contributed by atoms with Gasteiger partial charge in [-0.3, -0.25) is 4.79 Å². The minimum absolute atomic E-state index is 0.0145. The fourth-order valence-electron chi connectivity index (χ4n) is 4.62. The zero-order valence-electron chi connectivity index (χ0n) is 27.7. The van der Waals surface area contributed by atoms with Crippen molar-refractivity contribution >= 4 is 62.6 Å². The molecule has 1 amide bonds. The van der Waals surface area contributed by atoms with Crippen molar-refractivity contribution in [3.63, 3.8) is 0 Å². The molecule has 3 aromatic rings. The molecule has 3 atom stereocenters. The Bertz CT molecular complexity index is 1440. The molecule has 1 heterocycles. The maximum atomic E-state index is 13.9. The third-order valence-corrected chi connectivity index (χ3v) is 20.3. The van der Waals surface area contributed by atoms with Crippen LogP contribution in [0.15, 0.2) is 72.8 Å². The predicted octanol–water partition coefficient (Wildman–Crippen LogP) is 10.8. The van der Waals surface area contributed by atoms with Crippen LogP contribution in [0.25, 0.3) is 0 Å². The first-order valence-corrected chi connectivity index (χ1v) is 23.2. The number of carbonyl (C=O) groups is 1. The summed E-state index contributed by atoms with van der Waals surface area (Å²) >= 11 is 3.93. The molecule has 3 aromatic carbocycles. The summed E-state index contributed by atoms with van der Waals surface area (Å²) in [5.41, 5.74) is 2.91. The average Bonchev–Trinajstić information content (AvgIpc) is 2.91. The maximum absolute atomic E-state index is 13.9. The summed E-state index contributed by atoms with van der Waals surface area (Å²) in [6, 6.07) is 22.9. The Hall–Kier alpha value is -1.67. The summed E-state index contributed by atoms with van der Waals surface area (Å²) < 4.78 is 28.4. The van der Waals surface area contributed by atoms with Crippen molar-refractivity contribution in [3.05, 3.63) is 93.3 Å². The molecule has 1 aliphatic heterocycles. The third kappa shape index (κ3) is 7.82. The molecule has 0 N–H and O–H groups in total. The molecule has 9 heteroatoms. The summed E-state index contributed by atoms with van der Waals surface area (Å²) in [6.45, 7) is 22.3. The molecule has 0 saturated carbocycles. The van der Waals surface area contributed by atoms with E-state index in [1.165, 1.54) is 12.1 Å². The van der Waals surface area contributed by atoms with Gasteiger partial charge < -0.3 is 13.8 Å². The molecule has 4 rings (SSSR count). The van der Waals surface area contributed by atoms with Gasteiger partial charge in [-0.2, -0.15) is 0 Å². The van der Waals surface area contributed by atoms with Crippen molar-refractivity contribution in [1.29, 1.82) is 0 Å². The van der Waals surface area contributed by atoms with E-state index in [1.54, 1.807) is 11.8 Å². The lowest BCUT2D eigenvalue weighted by Gasteiger charge is -2.48. The first-order chi connectivity index (χ1) is 20.3. The zero-order chi connectivity index (χ0) is 32.7. The number of thioether (sulfide) groups is 1. The summed E-state index contributed by atoms with van der Waals surface area (Å²) in [6.07, 6.45) is -0.248. The molecule has 0 aromatic heterocycles. The van der Waals surface area contributed by atoms with Crippen LogP contribution in [0, 0.1) is 9.39 Å². The number of nitrogens with zero attached hydrogens (tertiary/aromatic N) is 1. The van der Waals surface area contributed by atoms with Crippen LogP contribution in [0.5, 0.6) is 5.75 Å². The highest BCUT2D eigenvalue weighted by Gasteiger charge is 2.50. The number of hydrogen-bond acceptors (Lipinski definition) is 4. The molecule has 238 valence electrons. The topological polar surface area (TPSA) is 38.8 Å². The number of rotatable bonds is 10. The smallest absolute Gasteiger partial charge is 0.250 e. The Morgan fingerprint density at radius 3 is 1.91 bits per heavy atom. The maximum Gasteiger partial charge on any atom is 0.250 e. The second kappa shape index (κ2) is 13.2. The van der Waals surface area contributed by atoms with Crippen molar-refractivity contribution in [2.45, 2.75) is 95.2 Å². The Balaban J connectivity index is 1.63. The Morgan fingerprint density at radius 2 is 1.39 bits per heavy atom. The van der Waals surface area contributed by atoms with Crippen molar-refractivity contribution in [2.24, 2.45) is 0 Å². The second-order valence-corrected chi connectivity index (χ2v) is 26.6. The van der Waals surface area contributed by atoms with Crippen LogP contribution >= 0.6 is 34.4 Å². The van der Waals surface area contributed by atoms with E-state index in [0.29, 0.717) is 5.75 Å². The number of halogens is 2. The van der Waals surface area contributed by atoms with E-state index in [1.807, 2.05) is 53.4 Å². The highest BCUT2D eigenvalue weighted by atomic mass is 127. The van der Waals surface area contributed by atoms with E-state index in [0.717, 1.165) is 26.1 Å². The van der Waals surface area contributed by atoms with Crippen LogP contribution in [-0.2, 0) is 9.22 Å². The van der Waals surface area contributed by atoms with E-state index >= 15 is 0 Å². The van der Waals surface area contributed by atoms with Gasteiger partial charge in [-0.1, -0.05) is 65.8 Å². The molecule has 1 saturated heterocycles. The zero-order valence-corrected chi connectivity index (χ0v) is 32.7. The van der Waals surface area contributed by atoms with Gasteiger partial charge >= 0.3 is 0 Å². The van der Waals surface area contributed by atoms with Crippen molar-refractivity contribution in [3.8, 4) is 5.75 Å². The monoisotopic (exact) mass is 763 g/mol. The molecular weight excluding hydrogens is 717 g/mol. The molecular formula is C35H47FINO3SSi2. The number of amides is 1. The van der Waals surface area contributed by atoms with Gasteiger partial charge in [-0.15, -0.1) is 11.8 Å². The lowest BCUT2D eigenvalue weighted by atomic mass is 9.92. The molecule has 4 nitrogen and oxygen atoms in total. The van der Waals surface area contributed by atoms with Gasteiger partial charge in [0.2, 0.25) is 14.2 Å². The van der Waals surface area contributed by atoms with Crippen LogP contribution in [0.3, 0.4) is 0 Å². The molecule has 0 unspecified atom stereocenters. The minimum atomic E-state index is -2.15. The quantitative estimate of drug-likeness (QED) is 0.117. The lowest BCUT2D eigenvalue weighted by Crippen LogP contribution is -2.58. The van der Waals surface area contributed by atoms with Gasteiger partial charge in [0.15, 0.2) is 8.32 Å². The normalized spacial score (nSPS) is 18.6. The first-order valence-electron chi connectivity index (χ1n) is 15.2. The molecule has 0 spiro atoms. The SMILES string of the molecule is CC(C)(C)[Si](C)(C)Oc1ccc([C@@H]2[C@@H](SC[C@@H](O[Si](C)(C)C(C)(C)C)c3ccc(F)cc3)C(=O)N2c2ccc(I)cc2)cc1. The summed E-state index contributed by atoms with van der Waals surface area (Å²) in [4.78, 5) is 15.8. The van der Waals surface area contributed by atoms with E-state index in [4.69, 9.17) is 8.85 Å². The Morgan fingerprint density at radius 1 is 0.841 bits per heavy atom. The minimum Gasteiger partial charge on any atom is -0.544 e. The average molecular weight is 764 g/mol. The second-order valence-electron chi connectivity index (χ2n) is 14.7. The molecule has 0 radical (unpaired) electrons. The molecule has 1 fully saturated rings. The van der Waals surface area contributed by atoms with Gasteiger partial charge in [0.25, 0.3) is 0 Å². The van der Waals surface area contributed by atoms with Crippen molar-refractivity contribution < 1.29 is 18.0 Å². The van der Waals surface area contributed by atoms with Crippen molar-refractivity contribution in [1.82, 2.24) is 0 Å². The molecule has 0 bridgehead atoms. The molecule has 44 heavy (non-hydrogen) atoms. The van der Waals surface area contributed by atoms with Crippen LogP contribution in [-0.4, -0.2) is 33.5 Å². The largest absolute Gasteiger partial charge is 0.544 e. The van der Waals surface area contributed by atoms with E-state index in [-0.39, 0.29) is 39.2 Å². The highest BCUT2D eigenvalue weighted by Crippen LogP contribution is 2.48. The van der Waals surface area contributed by atoms with Gasteiger partial charge in [0, 0.05) is 15.0 Å². The van der Waals surface area contributed by atoms with Gasteiger partial charge in [-0.25, -0.2) is 4.39 Å². The number of anilines is 1. The Labute approximate surface area is 283 Å². The fraction of sp³-hybridized carbons (Fsp3) is 0.457. The number of hydrogen-bond donors (Lipinski definition) is 0. The molecule has 0 aliphatic carbocycles. The van der Waals surface area contributed by atoms with E-state index in [2.05, 4.69) is 102 Å². The van der Waals surface area contributed by atoms with Crippen molar-refractivity contribution in [2.75, 3.05) is 10.7 Å². The number of β-lactam (4-membered cyclic amide) rings is 1. The van der Waals surface area contributed by atoms with E-state index in [9.17, 15) is 9.18 Å². The van der Waals surface area contributed by atoms with E-state index < -0.39 is 16.6 Å². The summed E-state index contributed by atoms with van der Waals surface area (Å²) in [5.74, 6) is 1.29. The molecule has 1 aliphatic rings. The highest BCUT2D eigenvalue weighted by molar-refractivity contribution is 14.1. The van der Waals surface area contributed by atoms with Crippen LogP contribution < -0.4 is 9.33 Å². The fourth-order valence-corrected chi connectivity index (χ4v) is 8.77. The van der Waals surface area contributed by atoms with Gasteiger partial charge in [-0.05, 0) is 119 Å². The van der Waals surface area contributed by atoms with Crippen LogP contribution in [0.1, 0.15) is 64.8 Å². The van der Waals surface area contributed by atoms with Crippen LogP contribution in [0.4, 0.5) is 10.1 Å².